The third kappa shape index (κ3) is 2.56. The minimum Gasteiger partial charge on any atom is -0.304 e. The molecule has 2 aliphatic rings. The summed E-state index contributed by atoms with van der Waals surface area (Å²) in [6, 6.07) is 0. The van der Waals surface area contributed by atoms with Gasteiger partial charge < -0.3 is 4.90 Å². The highest BCUT2D eigenvalue weighted by atomic mass is 32.2. The van der Waals surface area contributed by atoms with Crippen molar-refractivity contribution in [3.63, 3.8) is 0 Å². The van der Waals surface area contributed by atoms with Crippen molar-refractivity contribution in [3.8, 4) is 0 Å². The number of hydrogen-bond donors (Lipinski definition) is 0. The Balaban J connectivity index is 2.00. The Morgan fingerprint density at radius 2 is 1.38 bits per heavy atom. The molecule has 0 N–H and O–H groups in total. The largest absolute Gasteiger partial charge is 0.304 e. The summed E-state index contributed by atoms with van der Waals surface area (Å²) in [5.74, 6) is 0. The van der Waals surface area contributed by atoms with Crippen molar-refractivity contribution in [2.75, 3.05) is 46.3 Å². The van der Waals surface area contributed by atoms with Gasteiger partial charge in [-0.15, -0.1) is 0 Å². The summed E-state index contributed by atoms with van der Waals surface area (Å²) in [5.41, 5.74) is 0. The summed E-state index contributed by atoms with van der Waals surface area (Å²) in [6.45, 7) is 4.21. The van der Waals surface area contributed by atoms with Gasteiger partial charge in [0.1, 0.15) is 0 Å². The van der Waals surface area contributed by atoms with Crippen LogP contribution in [0.5, 0.6) is 0 Å². The molecule has 6 heteroatoms. The summed E-state index contributed by atoms with van der Waals surface area (Å²) in [4.78, 5) is 2.16. The number of rotatable bonds is 2. The van der Waals surface area contributed by atoms with E-state index in [9.17, 15) is 8.42 Å². The van der Waals surface area contributed by atoms with Gasteiger partial charge in [0.15, 0.2) is 0 Å². The molecule has 0 aromatic carbocycles. The quantitative estimate of drug-likeness (QED) is 0.676. The average molecular weight is 246 g/mol. The van der Waals surface area contributed by atoms with Crippen molar-refractivity contribution in [2.45, 2.75) is 12.8 Å². The number of likely N-dealkylation sites (N-methyl/N-ethyl adjacent to an activating group) is 1. The van der Waals surface area contributed by atoms with Crippen LogP contribution in [0.2, 0.25) is 0 Å². The lowest BCUT2D eigenvalue weighted by Gasteiger charge is -2.36. The lowest BCUT2D eigenvalue weighted by atomic mass is 10.2. The molecule has 0 amide bonds. The second-order valence-electron chi connectivity index (χ2n) is 4.48. The minimum atomic E-state index is -3.19. The second-order valence-corrected chi connectivity index (χ2v) is 6.40. The van der Waals surface area contributed by atoms with E-state index in [-0.39, 0.29) is 0 Å². The molecular weight excluding hydrogens is 226 g/mol. The first-order chi connectivity index (χ1) is 7.60. The topological polar surface area (TPSA) is 43.9 Å². The van der Waals surface area contributed by atoms with Gasteiger partial charge in [-0.2, -0.15) is 17.0 Å². The maximum Gasteiger partial charge on any atom is 0.282 e. The highest BCUT2D eigenvalue weighted by molar-refractivity contribution is 7.86. The van der Waals surface area contributed by atoms with Gasteiger partial charge in [-0.1, -0.05) is 0 Å². The molecule has 1 radical (unpaired) electrons. The van der Waals surface area contributed by atoms with Crippen molar-refractivity contribution >= 4 is 10.2 Å². The molecule has 2 fully saturated rings. The van der Waals surface area contributed by atoms with Crippen LogP contribution in [0.25, 0.3) is 0 Å². The Bertz CT molecular complexity index is 317. The lowest BCUT2D eigenvalue weighted by molar-refractivity contribution is 0.210. The third-order valence-electron chi connectivity index (χ3n) is 3.28. The summed E-state index contributed by atoms with van der Waals surface area (Å²) >= 11 is 0. The van der Waals surface area contributed by atoms with Crippen molar-refractivity contribution in [2.24, 2.45) is 0 Å². The van der Waals surface area contributed by atoms with Gasteiger partial charge in [0, 0.05) is 39.3 Å². The van der Waals surface area contributed by atoms with E-state index in [1.807, 2.05) is 7.05 Å². The smallest absolute Gasteiger partial charge is 0.282 e. The molecule has 93 valence electrons. The summed E-state index contributed by atoms with van der Waals surface area (Å²) in [6.07, 6.45) is 3.93. The lowest BCUT2D eigenvalue weighted by Crippen LogP contribution is -2.53. The number of piperidine rings is 1. The van der Waals surface area contributed by atoms with Gasteiger partial charge in [0.2, 0.25) is 0 Å². The Morgan fingerprint density at radius 1 is 0.875 bits per heavy atom. The molecule has 5 nitrogen and oxygen atoms in total. The van der Waals surface area contributed by atoms with E-state index in [0.717, 1.165) is 25.9 Å². The summed E-state index contributed by atoms with van der Waals surface area (Å²) in [7, 11) is -1.16. The van der Waals surface area contributed by atoms with Crippen LogP contribution >= 0.6 is 0 Å². The van der Waals surface area contributed by atoms with Crippen LogP contribution in [-0.4, -0.2) is 68.2 Å². The third-order valence-corrected chi connectivity index (χ3v) is 5.32. The van der Waals surface area contributed by atoms with Crippen molar-refractivity contribution < 1.29 is 8.42 Å². The molecule has 0 aliphatic carbocycles. The number of nitrogens with zero attached hydrogens (tertiary/aromatic N) is 3. The van der Waals surface area contributed by atoms with Crippen LogP contribution in [0.3, 0.4) is 0 Å². The predicted molar refractivity (Wildman–Crippen MR) is 63.1 cm³/mol. The fourth-order valence-corrected chi connectivity index (χ4v) is 3.76. The van der Waals surface area contributed by atoms with E-state index >= 15 is 0 Å². The highest BCUT2D eigenvalue weighted by Gasteiger charge is 2.32. The standard InChI is InChI=1S/C10H20N3O2S/c1-11-7-9-13(10-8-11)16(14,15)12-5-3-2-4-6-12/h2H,3-10H2,1H3. The minimum absolute atomic E-state index is 0.624. The first kappa shape index (κ1) is 12.3. The first-order valence-corrected chi connectivity index (χ1v) is 7.26. The molecule has 0 bridgehead atoms. The van der Waals surface area contributed by atoms with Crippen LogP contribution in [-0.2, 0) is 10.2 Å². The molecule has 0 atom stereocenters. The summed E-state index contributed by atoms with van der Waals surface area (Å²) in [5, 5.41) is 0. The second kappa shape index (κ2) is 5.00. The fraction of sp³-hybridized carbons (Fsp3) is 0.900. The van der Waals surface area contributed by atoms with Crippen LogP contribution < -0.4 is 0 Å². The molecular formula is C10H20N3O2S. The summed E-state index contributed by atoms with van der Waals surface area (Å²) < 4.78 is 27.8. The Morgan fingerprint density at radius 3 is 1.94 bits per heavy atom. The van der Waals surface area contributed by atoms with Gasteiger partial charge >= 0.3 is 0 Å². The molecule has 0 saturated carbocycles. The molecule has 2 rings (SSSR count). The molecule has 0 aromatic heterocycles. The number of hydrogen-bond acceptors (Lipinski definition) is 3. The average Bonchev–Trinajstić information content (AvgIpc) is 2.31. The van der Waals surface area contributed by atoms with E-state index in [0.29, 0.717) is 26.2 Å². The maximum atomic E-state index is 12.3. The van der Waals surface area contributed by atoms with Crippen molar-refractivity contribution in [1.82, 2.24) is 13.5 Å². The highest BCUT2D eigenvalue weighted by Crippen LogP contribution is 2.16. The van der Waals surface area contributed by atoms with Crippen LogP contribution in [0, 0.1) is 6.42 Å². The van der Waals surface area contributed by atoms with Gasteiger partial charge in [-0.05, 0) is 26.3 Å². The SMILES string of the molecule is CN1CCN(S(=O)(=O)N2CC[CH]CC2)CC1. The Kier molecular flexibility index (Phi) is 3.84. The van der Waals surface area contributed by atoms with E-state index in [1.54, 1.807) is 8.61 Å². The predicted octanol–water partition coefficient (Wildman–Crippen LogP) is -0.221. The molecule has 16 heavy (non-hydrogen) atoms. The maximum absolute atomic E-state index is 12.3. The first-order valence-electron chi connectivity index (χ1n) is 5.86. The van der Waals surface area contributed by atoms with E-state index < -0.39 is 10.2 Å². The van der Waals surface area contributed by atoms with E-state index in [2.05, 4.69) is 11.3 Å². The molecule has 2 saturated heterocycles. The fourth-order valence-electron chi connectivity index (χ4n) is 2.14. The molecule has 2 aliphatic heterocycles. The van der Waals surface area contributed by atoms with E-state index in [1.165, 1.54) is 0 Å². The van der Waals surface area contributed by atoms with Gasteiger partial charge in [-0.25, -0.2) is 0 Å². The zero-order chi connectivity index (χ0) is 11.6. The van der Waals surface area contributed by atoms with Crippen molar-refractivity contribution in [1.29, 1.82) is 0 Å². The monoisotopic (exact) mass is 246 g/mol. The zero-order valence-electron chi connectivity index (χ0n) is 9.80. The van der Waals surface area contributed by atoms with Gasteiger partial charge in [0.05, 0.1) is 0 Å². The van der Waals surface area contributed by atoms with Gasteiger partial charge in [0.25, 0.3) is 10.2 Å². The molecule has 0 aromatic rings. The molecule has 2 heterocycles. The van der Waals surface area contributed by atoms with Gasteiger partial charge in [-0.3, -0.25) is 0 Å². The Labute approximate surface area is 98.2 Å². The Hall–Kier alpha value is -0.170. The molecule has 0 unspecified atom stereocenters. The van der Waals surface area contributed by atoms with Crippen LogP contribution in [0.15, 0.2) is 0 Å². The van der Waals surface area contributed by atoms with E-state index in [4.69, 9.17) is 0 Å². The van der Waals surface area contributed by atoms with Crippen LogP contribution in [0.1, 0.15) is 12.8 Å². The zero-order valence-corrected chi connectivity index (χ0v) is 10.6. The molecule has 0 spiro atoms. The van der Waals surface area contributed by atoms with Crippen LogP contribution in [0.4, 0.5) is 0 Å². The normalized spacial score (nSPS) is 27.1. The number of piperazine rings is 1. The van der Waals surface area contributed by atoms with Crippen molar-refractivity contribution in [3.05, 3.63) is 6.42 Å².